The molecule has 0 spiro atoms. The standard InChI is InChI=1S/C16H21BrN2OS/c1-12(15-7-8-16(17)21-15)18-13-5-4-6-14(11-13)20-10-9-19(2)3/h4-8,11-12,18H,9-10H2,1-3H3. The first kappa shape index (κ1) is 16.3. The lowest BCUT2D eigenvalue weighted by Gasteiger charge is -2.15. The van der Waals surface area contributed by atoms with E-state index in [0.29, 0.717) is 6.61 Å². The minimum atomic E-state index is 0.276. The monoisotopic (exact) mass is 368 g/mol. The third-order valence-corrected chi connectivity index (χ3v) is 4.85. The first-order valence-electron chi connectivity index (χ1n) is 6.94. The van der Waals surface area contributed by atoms with Crippen molar-refractivity contribution in [2.24, 2.45) is 0 Å². The van der Waals surface area contributed by atoms with Gasteiger partial charge >= 0.3 is 0 Å². The Morgan fingerprint density at radius 3 is 2.76 bits per heavy atom. The number of hydrogen-bond acceptors (Lipinski definition) is 4. The molecule has 2 rings (SSSR count). The number of thiophene rings is 1. The lowest BCUT2D eigenvalue weighted by Crippen LogP contribution is -2.19. The van der Waals surface area contributed by atoms with Crippen molar-refractivity contribution in [1.29, 1.82) is 0 Å². The molecule has 1 heterocycles. The van der Waals surface area contributed by atoms with Crippen LogP contribution in [-0.2, 0) is 0 Å². The minimum absolute atomic E-state index is 0.276. The Labute approximate surface area is 139 Å². The van der Waals surface area contributed by atoms with E-state index >= 15 is 0 Å². The highest BCUT2D eigenvalue weighted by molar-refractivity contribution is 9.11. The predicted octanol–water partition coefficient (Wildman–Crippen LogP) is 4.62. The van der Waals surface area contributed by atoms with E-state index in [9.17, 15) is 0 Å². The predicted molar refractivity (Wildman–Crippen MR) is 94.5 cm³/mol. The van der Waals surface area contributed by atoms with Crippen molar-refractivity contribution < 1.29 is 4.74 Å². The maximum Gasteiger partial charge on any atom is 0.121 e. The molecule has 2 aromatic rings. The van der Waals surface area contributed by atoms with Crippen molar-refractivity contribution in [1.82, 2.24) is 4.90 Å². The van der Waals surface area contributed by atoms with Crippen LogP contribution in [-0.4, -0.2) is 32.1 Å². The smallest absolute Gasteiger partial charge is 0.121 e. The lowest BCUT2D eigenvalue weighted by atomic mass is 10.2. The van der Waals surface area contributed by atoms with Gasteiger partial charge in [0, 0.05) is 23.2 Å². The normalized spacial score (nSPS) is 12.4. The van der Waals surface area contributed by atoms with Gasteiger partial charge in [0.1, 0.15) is 12.4 Å². The molecule has 0 aliphatic rings. The number of rotatable bonds is 7. The van der Waals surface area contributed by atoms with E-state index in [0.717, 1.165) is 21.8 Å². The Kier molecular flexibility index (Phi) is 6.08. The number of hydrogen-bond donors (Lipinski definition) is 1. The summed E-state index contributed by atoms with van der Waals surface area (Å²) >= 11 is 5.26. The van der Waals surface area contributed by atoms with Crippen LogP contribution in [0.5, 0.6) is 5.75 Å². The third kappa shape index (κ3) is 5.34. The van der Waals surface area contributed by atoms with Crippen molar-refractivity contribution in [2.45, 2.75) is 13.0 Å². The van der Waals surface area contributed by atoms with E-state index in [1.54, 1.807) is 11.3 Å². The second kappa shape index (κ2) is 7.82. The Morgan fingerprint density at radius 1 is 1.29 bits per heavy atom. The number of anilines is 1. The molecule has 0 saturated heterocycles. The number of halogens is 1. The molecule has 0 radical (unpaired) electrons. The van der Waals surface area contributed by atoms with Gasteiger partial charge in [-0.1, -0.05) is 6.07 Å². The van der Waals surface area contributed by atoms with Crippen LogP contribution in [0.15, 0.2) is 40.2 Å². The minimum Gasteiger partial charge on any atom is -0.492 e. The molecule has 0 bridgehead atoms. The van der Waals surface area contributed by atoms with Crippen LogP contribution in [0, 0.1) is 0 Å². The quantitative estimate of drug-likeness (QED) is 0.771. The van der Waals surface area contributed by atoms with Crippen LogP contribution in [0.1, 0.15) is 17.8 Å². The van der Waals surface area contributed by atoms with Gasteiger partial charge in [-0.05, 0) is 61.2 Å². The second-order valence-corrected chi connectivity index (χ2v) is 7.68. The summed E-state index contributed by atoms with van der Waals surface area (Å²) in [6.07, 6.45) is 0. The summed E-state index contributed by atoms with van der Waals surface area (Å²) in [6.45, 7) is 3.78. The van der Waals surface area contributed by atoms with Crippen LogP contribution in [0.3, 0.4) is 0 Å². The van der Waals surface area contributed by atoms with E-state index in [4.69, 9.17) is 4.74 Å². The lowest BCUT2D eigenvalue weighted by molar-refractivity contribution is 0.261. The molecule has 1 aromatic carbocycles. The van der Waals surface area contributed by atoms with Gasteiger partial charge in [-0.2, -0.15) is 0 Å². The Bertz CT molecular complexity index is 571. The van der Waals surface area contributed by atoms with Crippen LogP contribution < -0.4 is 10.1 Å². The maximum absolute atomic E-state index is 5.76. The van der Waals surface area contributed by atoms with E-state index in [-0.39, 0.29) is 6.04 Å². The Hall–Kier alpha value is -1.04. The fourth-order valence-corrected chi connectivity index (χ4v) is 3.33. The largest absolute Gasteiger partial charge is 0.492 e. The van der Waals surface area contributed by atoms with Gasteiger partial charge < -0.3 is 15.0 Å². The molecule has 1 aromatic heterocycles. The zero-order chi connectivity index (χ0) is 15.2. The van der Waals surface area contributed by atoms with Crippen LogP contribution in [0.4, 0.5) is 5.69 Å². The average molecular weight is 369 g/mol. The van der Waals surface area contributed by atoms with Crippen molar-refractivity contribution in [3.05, 3.63) is 45.1 Å². The molecule has 0 amide bonds. The third-order valence-electron chi connectivity index (χ3n) is 3.05. The number of nitrogens with zero attached hydrogens (tertiary/aromatic N) is 1. The van der Waals surface area contributed by atoms with Crippen molar-refractivity contribution >= 4 is 33.0 Å². The second-order valence-electron chi connectivity index (χ2n) is 5.19. The van der Waals surface area contributed by atoms with Crippen LogP contribution >= 0.6 is 27.3 Å². The van der Waals surface area contributed by atoms with Crippen molar-refractivity contribution in [2.75, 3.05) is 32.6 Å². The van der Waals surface area contributed by atoms with E-state index in [2.05, 4.69) is 57.3 Å². The topological polar surface area (TPSA) is 24.5 Å². The first-order chi connectivity index (χ1) is 10.0. The van der Waals surface area contributed by atoms with Crippen LogP contribution in [0.2, 0.25) is 0 Å². The molecule has 1 atom stereocenters. The first-order valence-corrected chi connectivity index (χ1v) is 8.55. The zero-order valence-corrected chi connectivity index (χ0v) is 15.0. The molecule has 5 heteroatoms. The summed E-state index contributed by atoms with van der Waals surface area (Å²) < 4.78 is 6.92. The highest BCUT2D eigenvalue weighted by Gasteiger charge is 2.08. The SMILES string of the molecule is CC(Nc1cccc(OCCN(C)C)c1)c1ccc(Br)s1. The van der Waals surface area contributed by atoms with Crippen LogP contribution in [0.25, 0.3) is 0 Å². The fraction of sp³-hybridized carbons (Fsp3) is 0.375. The highest BCUT2D eigenvalue weighted by atomic mass is 79.9. The fourth-order valence-electron chi connectivity index (χ4n) is 1.90. The van der Waals surface area contributed by atoms with Gasteiger partial charge in [0.05, 0.1) is 9.83 Å². The van der Waals surface area contributed by atoms with Gasteiger partial charge in [-0.3, -0.25) is 0 Å². The highest BCUT2D eigenvalue weighted by Crippen LogP contribution is 2.30. The van der Waals surface area contributed by atoms with Gasteiger partial charge in [0.25, 0.3) is 0 Å². The number of ether oxygens (including phenoxy) is 1. The van der Waals surface area contributed by atoms with E-state index in [1.807, 2.05) is 26.2 Å². The van der Waals surface area contributed by atoms with Crippen molar-refractivity contribution in [3.8, 4) is 5.75 Å². The summed E-state index contributed by atoms with van der Waals surface area (Å²) in [4.78, 5) is 3.42. The van der Waals surface area contributed by atoms with Crippen molar-refractivity contribution in [3.63, 3.8) is 0 Å². The molecule has 0 fully saturated rings. The number of likely N-dealkylation sites (N-methyl/N-ethyl adjacent to an activating group) is 1. The molecule has 0 saturated carbocycles. The Morgan fingerprint density at radius 2 is 2.10 bits per heavy atom. The zero-order valence-electron chi connectivity index (χ0n) is 12.6. The average Bonchev–Trinajstić information content (AvgIpc) is 2.85. The van der Waals surface area contributed by atoms with Gasteiger partial charge in [0.15, 0.2) is 0 Å². The molecule has 21 heavy (non-hydrogen) atoms. The summed E-state index contributed by atoms with van der Waals surface area (Å²) in [5, 5.41) is 3.51. The molecule has 3 nitrogen and oxygen atoms in total. The molecule has 1 N–H and O–H groups in total. The summed E-state index contributed by atoms with van der Waals surface area (Å²) in [5.74, 6) is 0.904. The summed E-state index contributed by atoms with van der Waals surface area (Å²) in [5.41, 5.74) is 1.08. The number of nitrogens with one attached hydrogen (secondary N) is 1. The van der Waals surface area contributed by atoms with E-state index < -0.39 is 0 Å². The summed E-state index contributed by atoms with van der Waals surface area (Å²) in [7, 11) is 4.09. The van der Waals surface area contributed by atoms with Gasteiger partial charge in [-0.15, -0.1) is 11.3 Å². The maximum atomic E-state index is 5.76. The molecule has 114 valence electrons. The molecule has 0 aliphatic heterocycles. The molecular formula is C16H21BrN2OS. The molecule has 0 aliphatic carbocycles. The van der Waals surface area contributed by atoms with Gasteiger partial charge in [0.2, 0.25) is 0 Å². The van der Waals surface area contributed by atoms with E-state index in [1.165, 1.54) is 4.88 Å². The molecule has 1 unspecified atom stereocenters. The number of benzene rings is 1. The Balaban J connectivity index is 1.94. The molecular weight excluding hydrogens is 348 g/mol. The van der Waals surface area contributed by atoms with Gasteiger partial charge in [-0.25, -0.2) is 0 Å². The summed E-state index contributed by atoms with van der Waals surface area (Å²) in [6, 6.07) is 12.6.